The van der Waals surface area contributed by atoms with E-state index in [-0.39, 0.29) is 0 Å². The van der Waals surface area contributed by atoms with E-state index in [9.17, 15) is 0 Å². The van der Waals surface area contributed by atoms with Crippen LogP contribution in [0.2, 0.25) is 0 Å². The smallest absolute Gasteiger partial charge is 0.164 e. The highest BCUT2D eigenvalue weighted by atomic mass is 16.3. The molecule has 3 aromatic heterocycles. The summed E-state index contributed by atoms with van der Waals surface area (Å²) in [5.74, 6) is 1.82. The summed E-state index contributed by atoms with van der Waals surface area (Å²) >= 11 is 0. The van der Waals surface area contributed by atoms with Gasteiger partial charge in [-0.05, 0) is 88.0 Å². The van der Waals surface area contributed by atoms with Crippen LogP contribution < -0.4 is 0 Å². The normalized spacial score (nSPS) is 11.5. The molecule has 5 nitrogen and oxygen atoms in total. The first-order valence-electron chi connectivity index (χ1n) is 20.8. The van der Waals surface area contributed by atoms with Crippen LogP contribution in [-0.4, -0.2) is 19.5 Å². The van der Waals surface area contributed by atoms with Gasteiger partial charge in [-0.15, -0.1) is 0 Å². The van der Waals surface area contributed by atoms with Crippen LogP contribution in [0.1, 0.15) is 0 Å². The predicted octanol–water partition coefficient (Wildman–Crippen LogP) is 14.9. The monoisotopic (exact) mass is 792 g/mol. The molecule has 0 unspecified atom stereocenters. The lowest BCUT2D eigenvalue weighted by atomic mass is 9.97. The molecular weight excluding hydrogens is 757 g/mol. The maximum atomic E-state index is 6.52. The molecule has 0 bridgehead atoms. The van der Waals surface area contributed by atoms with Crippen molar-refractivity contribution in [2.45, 2.75) is 0 Å². The summed E-state index contributed by atoms with van der Waals surface area (Å²) < 4.78 is 8.89. The van der Waals surface area contributed by atoms with Gasteiger partial charge in [-0.3, -0.25) is 0 Å². The van der Waals surface area contributed by atoms with Gasteiger partial charge in [-0.25, -0.2) is 15.0 Å². The topological polar surface area (TPSA) is 56.7 Å². The first-order valence-corrected chi connectivity index (χ1v) is 20.8. The molecule has 290 valence electrons. The van der Waals surface area contributed by atoms with Gasteiger partial charge in [0.05, 0.1) is 11.0 Å². The van der Waals surface area contributed by atoms with Crippen LogP contribution in [0.25, 0.3) is 117 Å². The number of furan rings is 1. The SMILES string of the molecule is c1ccc(-c2ccc(-c3nc(-c4ccccc4)nc(-c4ccc5c(c4)oc4ccc(-c6cccc(-c7ccc8c9ccccc9n(-c9ccccc9)c8c7)c6)cc45)n3)cc2)cc1. The third-order valence-corrected chi connectivity index (χ3v) is 11.9. The molecular formula is C57H36N4O. The second-order valence-corrected chi connectivity index (χ2v) is 15.6. The Morgan fingerprint density at radius 3 is 1.50 bits per heavy atom. The molecule has 0 N–H and O–H groups in total. The first kappa shape index (κ1) is 35.5. The molecule has 0 atom stereocenters. The van der Waals surface area contributed by atoms with Crippen molar-refractivity contribution in [1.29, 1.82) is 0 Å². The van der Waals surface area contributed by atoms with E-state index in [1.165, 1.54) is 27.4 Å². The molecule has 12 aromatic rings. The van der Waals surface area contributed by atoms with Crippen LogP contribution in [0, 0.1) is 0 Å². The molecule has 12 rings (SSSR count). The van der Waals surface area contributed by atoms with Gasteiger partial charge in [0.25, 0.3) is 0 Å². The molecule has 9 aromatic carbocycles. The number of benzene rings is 9. The molecule has 0 radical (unpaired) electrons. The van der Waals surface area contributed by atoms with Crippen molar-refractivity contribution < 1.29 is 4.42 Å². The first-order chi connectivity index (χ1) is 30.7. The molecule has 62 heavy (non-hydrogen) atoms. The lowest BCUT2D eigenvalue weighted by Crippen LogP contribution is -2.00. The van der Waals surface area contributed by atoms with E-state index >= 15 is 0 Å². The standard InChI is InChI=1S/C57H36N4O/c1-4-13-37(14-5-1)38-23-25-40(26-24-38)56-58-55(39-15-6-2-7-16-39)59-57(60-56)45-28-31-49-50-34-43(29-32-53(50)62-54(49)36-45)41-17-12-18-42(33-41)44-27-30-48-47-21-10-11-22-51(47)61(52(48)35-44)46-19-8-3-9-20-46/h1-36H. The van der Waals surface area contributed by atoms with E-state index < -0.39 is 0 Å². The number of fused-ring (bicyclic) bond motifs is 6. The molecule has 0 saturated carbocycles. The highest BCUT2D eigenvalue weighted by molar-refractivity contribution is 6.10. The van der Waals surface area contributed by atoms with Crippen LogP contribution >= 0.6 is 0 Å². The van der Waals surface area contributed by atoms with Crippen molar-refractivity contribution in [2.75, 3.05) is 0 Å². The Labute approximate surface area is 357 Å². The quantitative estimate of drug-likeness (QED) is 0.161. The molecule has 0 aliphatic heterocycles. The van der Waals surface area contributed by atoms with Gasteiger partial charge >= 0.3 is 0 Å². The number of rotatable bonds is 7. The maximum absolute atomic E-state index is 6.52. The Hall–Kier alpha value is -8.41. The third kappa shape index (κ3) is 6.23. The van der Waals surface area contributed by atoms with E-state index in [0.717, 1.165) is 72.1 Å². The summed E-state index contributed by atoms with van der Waals surface area (Å²) in [6.45, 7) is 0. The summed E-state index contributed by atoms with van der Waals surface area (Å²) in [5.41, 5.74) is 14.7. The Kier molecular flexibility index (Phi) is 8.42. The second kappa shape index (κ2) is 14.7. The molecule has 0 aliphatic rings. The van der Waals surface area contributed by atoms with E-state index in [0.29, 0.717) is 17.5 Å². The van der Waals surface area contributed by atoms with Crippen molar-refractivity contribution in [3.8, 4) is 73.2 Å². The molecule has 0 fully saturated rings. The number of hydrogen-bond acceptors (Lipinski definition) is 4. The lowest BCUT2D eigenvalue weighted by Gasteiger charge is -2.10. The Bertz CT molecular complexity index is 3610. The van der Waals surface area contributed by atoms with Gasteiger partial charge in [-0.2, -0.15) is 0 Å². The molecule has 0 aliphatic carbocycles. The Morgan fingerprint density at radius 2 is 0.758 bits per heavy atom. The number of hydrogen-bond donors (Lipinski definition) is 0. The van der Waals surface area contributed by atoms with Crippen LogP contribution in [-0.2, 0) is 0 Å². The highest BCUT2D eigenvalue weighted by Crippen LogP contribution is 2.38. The molecule has 0 spiro atoms. The van der Waals surface area contributed by atoms with Crippen LogP contribution in [0.5, 0.6) is 0 Å². The zero-order valence-electron chi connectivity index (χ0n) is 33.5. The van der Waals surface area contributed by atoms with E-state index in [1.807, 2.05) is 42.5 Å². The Balaban J connectivity index is 0.904. The maximum Gasteiger partial charge on any atom is 0.164 e. The number of nitrogens with zero attached hydrogens (tertiary/aromatic N) is 4. The van der Waals surface area contributed by atoms with Gasteiger partial charge in [0.2, 0.25) is 0 Å². The van der Waals surface area contributed by atoms with Crippen LogP contribution in [0.15, 0.2) is 223 Å². The van der Waals surface area contributed by atoms with Gasteiger partial charge in [0.1, 0.15) is 11.2 Å². The summed E-state index contributed by atoms with van der Waals surface area (Å²) in [6.07, 6.45) is 0. The van der Waals surface area contributed by atoms with Crippen molar-refractivity contribution in [2.24, 2.45) is 0 Å². The summed E-state index contributed by atoms with van der Waals surface area (Å²) in [5, 5.41) is 4.59. The predicted molar refractivity (Wildman–Crippen MR) is 254 cm³/mol. The van der Waals surface area contributed by atoms with Crippen molar-refractivity contribution >= 4 is 43.7 Å². The molecule has 3 heterocycles. The zero-order chi connectivity index (χ0) is 41.0. The largest absolute Gasteiger partial charge is 0.456 e. The summed E-state index contributed by atoms with van der Waals surface area (Å²) in [4.78, 5) is 15.0. The van der Waals surface area contributed by atoms with Crippen LogP contribution in [0.4, 0.5) is 0 Å². The van der Waals surface area contributed by atoms with Gasteiger partial charge in [0.15, 0.2) is 17.5 Å². The zero-order valence-corrected chi connectivity index (χ0v) is 33.5. The van der Waals surface area contributed by atoms with Gasteiger partial charge in [0, 0.05) is 43.9 Å². The molecule has 0 amide bonds. The minimum absolute atomic E-state index is 0.586. The fourth-order valence-electron chi connectivity index (χ4n) is 8.77. The average Bonchev–Trinajstić information content (AvgIpc) is 3.89. The van der Waals surface area contributed by atoms with Crippen molar-refractivity contribution in [1.82, 2.24) is 19.5 Å². The third-order valence-electron chi connectivity index (χ3n) is 11.9. The lowest BCUT2D eigenvalue weighted by molar-refractivity contribution is 0.669. The summed E-state index contributed by atoms with van der Waals surface area (Å²) in [6, 6.07) is 76.5. The summed E-state index contributed by atoms with van der Waals surface area (Å²) in [7, 11) is 0. The molecule has 0 saturated heterocycles. The van der Waals surface area contributed by atoms with E-state index in [2.05, 4.69) is 180 Å². The number of aromatic nitrogens is 4. The second-order valence-electron chi connectivity index (χ2n) is 15.6. The fraction of sp³-hybridized carbons (Fsp3) is 0. The minimum atomic E-state index is 0.586. The minimum Gasteiger partial charge on any atom is -0.456 e. The molecule has 5 heteroatoms. The van der Waals surface area contributed by atoms with Gasteiger partial charge in [-0.1, -0.05) is 164 Å². The average molecular weight is 793 g/mol. The van der Waals surface area contributed by atoms with Crippen molar-refractivity contribution in [3.05, 3.63) is 218 Å². The Morgan fingerprint density at radius 1 is 0.274 bits per heavy atom. The van der Waals surface area contributed by atoms with Crippen molar-refractivity contribution in [3.63, 3.8) is 0 Å². The van der Waals surface area contributed by atoms with Crippen LogP contribution in [0.3, 0.4) is 0 Å². The van der Waals surface area contributed by atoms with E-state index in [4.69, 9.17) is 19.4 Å². The van der Waals surface area contributed by atoms with E-state index in [1.54, 1.807) is 0 Å². The number of para-hydroxylation sites is 2. The van der Waals surface area contributed by atoms with Gasteiger partial charge < -0.3 is 8.98 Å². The highest BCUT2D eigenvalue weighted by Gasteiger charge is 2.17. The fourth-order valence-corrected chi connectivity index (χ4v) is 8.77.